The fourth-order valence-corrected chi connectivity index (χ4v) is 2.23. The number of rotatable bonds is 8. The summed E-state index contributed by atoms with van der Waals surface area (Å²) in [5.74, 6) is -2.60. The summed E-state index contributed by atoms with van der Waals surface area (Å²) >= 11 is 0. The topological polar surface area (TPSA) is 105 Å². The standard InChI is InChI=1S/C19H28N2O6/c1-14(20-18(25)27-19(2,3)4)12-21(16(22)17(23)24)10-11-26-13-15-8-6-5-7-9-15/h5-9,14H,10-13H2,1-4H3,(H,20,25)(H,23,24). The number of amides is 2. The first-order chi connectivity index (χ1) is 12.6. The molecule has 0 bridgehead atoms. The third-order valence-corrected chi connectivity index (χ3v) is 3.34. The van der Waals surface area contributed by atoms with Gasteiger partial charge in [0.05, 0.1) is 13.2 Å². The highest BCUT2D eigenvalue weighted by atomic mass is 16.6. The van der Waals surface area contributed by atoms with Crippen molar-refractivity contribution in [2.24, 2.45) is 0 Å². The number of benzene rings is 1. The van der Waals surface area contributed by atoms with Crippen LogP contribution in [0.1, 0.15) is 33.3 Å². The Labute approximate surface area is 159 Å². The highest BCUT2D eigenvalue weighted by Crippen LogP contribution is 2.07. The van der Waals surface area contributed by atoms with E-state index in [9.17, 15) is 14.4 Å². The molecule has 150 valence electrons. The predicted molar refractivity (Wildman–Crippen MR) is 99.1 cm³/mol. The molecule has 0 spiro atoms. The minimum atomic E-state index is -1.55. The van der Waals surface area contributed by atoms with Crippen LogP contribution in [0, 0.1) is 0 Å². The number of nitrogens with one attached hydrogen (secondary N) is 1. The summed E-state index contributed by atoms with van der Waals surface area (Å²) in [6, 6.07) is 9.01. The van der Waals surface area contributed by atoms with Gasteiger partial charge in [-0.3, -0.25) is 4.79 Å². The van der Waals surface area contributed by atoms with Gasteiger partial charge in [0.15, 0.2) is 0 Å². The summed E-state index contributed by atoms with van der Waals surface area (Å²) in [6.45, 7) is 7.54. The number of alkyl carbamates (subject to hydrolysis) is 1. The molecule has 1 aromatic rings. The minimum Gasteiger partial charge on any atom is -0.474 e. The van der Waals surface area contributed by atoms with Crippen LogP contribution in [0.4, 0.5) is 4.79 Å². The van der Waals surface area contributed by atoms with Crippen molar-refractivity contribution in [1.29, 1.82) is 0 Å². The number of carbonyl (C=O) groups excluding carboxylic acids is 2. The molecular formula is C19H28N2O6. The summed E-state index contributed by atoms with van der Waals surface area (Å²) in [5.41, 5.74) is 0.333. The maximum atomic E-state index is 11.9. The zero-order chi connectivity index (χ0) is 20.4. The van der Waals surface area contributed by atoms with Gasteiger partial charge >= 0.3 is 18.0 Å². The Kier molecular flexibility index (Phi) is 8.74. The molecule has 0 fully saturated rings. The van der Waals surface area contributed by atoms with Crippen LogP contribution in [0.3, 0.4) is 0 Å². The number of ether oxygens (including phenoxy) is 2. The number of hydrogen-bond acceptors (Lipinski definition) is 5. The number of nitrogens with zero attached hydrogens (tertiary/aromatic N) is 1. The normalized spacial score (nSPS) is 12.1. The van der Waals surface area contributed by atoms with E-state index in [0.29, 0.717) is 6.61 Å². The molecule has 0 aliphatic heterocycles. The molecule has 1 unspecified atom stereocenters. The minimum absolute atomic E-state index is 0.0269. The lowest BCUT2D eigenvalue weighted by molar-refractivity contribution is -0.156. The van der Waals surface area contributed by atoms with Gasteiger partial charge in [0, 0.05) is 19.1 Å². The molecule has 2 N–H and O–H groups in total. The predicted octanol–water partition coefficient (Wildman–Crippen LogP) is 2.03. The second-order valence-corrected chi connectivity index (χ2v) is 7.14. The largest absolute Gasteiger partial charge is 0.474 e. The van der Waals surface area contributed by atoms with Crippen molar-refractivity contribution in [2.45, 2.75) is 45.9 Å². The van der Waals surface area contributed by atoms with E-state index < -0.39 is 29.6 Å². The lowest BCUT2D eigenvalue weighted by Gasteiger charge is -2.26. The average molecular weight is 380 g/mol. The van der Waals surface area contributed by atoms with Gasteiger partial charge in [-0.25, -0.2) is 9.59 Å². The molecular weight excluding hydrogens is 352 g/mol. The van der Waals surface area contributed by atoms with Gasteiger partial charge < -0.3 is 24.8 Å². The highest BCUT2D eigenvalue weighted by Gasteiger charge is 2.24. The summed E-state index contributed by atoms with van der Waals surface area (Å²) in [4.78, 5) is 35.9. The summed E-state index contributed by atoms with van der Waals surface area (Å²) in [6.07, 6.45) is -0.627. The first-order valence-corrected chi connectivity index (χ1v) is 8.72. The van der Waals surface area contributed by atoms with Crippen molar-refractivity contribution in [2.75, 3.05) is 19.7 Å². The van der Waals surface area contributed by atoms with Crippen molar-refractivity contribution < 1.29 is 29.0 Å². The van der Waals surface area contributed by atoms with Crippen LogP contribution in [-0.2, 0) is 25.7 Å². The van der Waals surface area contributed by atoms with Gasteiger partial charge in [-0.15, -0.1) is 0 Å². The van der Waals surface area contributed by atoms with E-state index in [-0.39, 0.29) is 19.7 Å². The second kappa shape index (κ2) is 10.5. The number of carboxylic acids is 1. The van der Waals surface area contributed by atoms with E-state index in [2.05, 4.69) is 5.32 Å². The van der Waals surface area contributed by atoms with Crippen LogP contribution in [0.5, 0.6) is 0 Å². The maximum Gasteiger partial charge on any atom is 0.407 e. The van der Waals surface area contributed by atoms with Gasteiger partial charge in [0.2, 0.25) is 0 Å². The van der Waals surface area contributed by atoms with E-state index in [1.807, 2.05) is 30.3 Å². The summed E-state index contributed by atoms with van der Waals surface area (Å²) in [7, 11) is 0. The Bertz CT molecular complexity index is 627. The smallest absolute Gasteiger partial charge is 0.407 e. The highest BCUT2D eigenvalue weighted by molar-refractivity contribution is 6.31. The first kappa shape index (κ1) is 22.4. The Morgan fingerprint density at radius 2 is 1.81 bits per heavy atom. The zero-order valence-corrected chi connectivity index (χ0v) is 16.2. The molecule has 1 atom stereocenters. The molecule has 1 rings (SSSR count). The Hall–Kier alpha value is -2.61. The average Bonchev–Trinajstić information content (AvgIpc) is 2.55. The van der Waals surface area contributed by atoms with Crippen LogP contribution in [0.25, 0.3) is 0 Å². The number of aliphatic carboxylic acids is 1. The molecule has 0 saturated carbocycles. The van der Waals surface area contributed by atoms with Gasteiger partial charge in [-0.2, -0.15) is 0 Å². The third kappa shape index (κ3) is 9.60. The molecule has 0 saturated heterocycles. The molecule has 0 heterocycles. The lowest BCUT2D eigenvalue weighted by atomic mass is 10.2. The van der Waals surface area contributed by atoms with E-state index >= 15 is 0 Å². The number of hydrogen-bond donors (Lipinski definition) is 2. The van der Waals surface area contributed by atoms with Crippen LogP contribution < -0.4 is 5.32 Å². The van der Waals surface area contributed by atoms with E-state index in [1.54, 1.807) is 27.7 Å². The van der Waals surface area contributed by atoms with E-state index in [0.717, 1.165) is 10.5 Å². The van der Waals surface area contributed by atoms with Gasteiger partial charge in [-0.1, -0.05) is 30.3 Å². The van der Waals surface area contributed by atoms with Gasteiger partial charge in [0.1, 0.15) is 5.60 Å². The van der Waals surface area contributed by atoms with E-state index in [1.165, 1.54) is 0 Å². The van der Waals surface area contributed by atoms with Crippen molar-refractivity contribution in [1.82, 2.24) is 10.2 Å². The molecule has 8 heteroatoms. The van der Waals surface area contributed by atoms with Gasteiger partial charge in [0.25, 0.3) is 0 Å². The van der Waals surface area contributed by atoms with Crippen molar-refractivity contribution >= 4 is 18.0 Å². The quantitative estimate of drug-likeness (QED) is 0.528. The van der Waals surface area contributed by atoms with Crippen LogP contribution in [-0.4, -0.2) is 59.3 Å². The zero-order valence-electron chi connectivity index (χ0n) is 16.2. The molecule has 2 amide bonds. The Morgan fingerprint density at radius 3 is 2.37 bits per heavy atom. The van der Waals surface area contributed by atoms with Crippen molar-refractivity contribution in [3.63, 3.8) is 0 Å². The number of carbonyl (C=O) groups is 3. The summed E-state index contributed by atoms with van der Waals surface area (Å²) < 4.78 is 10.7. The molecule has 0 aromatic heterocycles. The van der Waals surface area contributed by atoms with E-state index in [4.69, 9.17) is 14.6 Å². The van der Waals surface area contributed by atoms with Crippen LogP contribution in [0.2, 0.25) is 0 Å². The van der Waals surface area contributed by atoms with Crippen molar-refractivity contribution in [3.05, 3.63) is 35.9 Å². The second-order valence-electron chi connectivity index (χ2n) is 7.14. The SMILES string of the molecule is CC(CN(CCOCc1ccccc1)C(=O)C(=O)O)NC(=O)OC(C)(C)C. The first-order valence-electron chi connectivity index (χ1n) is 8.72. The molecule has 0 aliphatic rings. The molecule has 0 aliphatic carbocycles. The summed E-state index contributed by atoms with van der Waals surface area (Å²) in [5, 5.41) is 11.6. The van der Waals surface area contributed by atoms with Crippen LogP contribution >= 0.6 is 0 Å². The Balaban J connectivity index is 2.52. The lowest BCUT2D eigenvalue weighted by Crippen LogP contribution is -2.48. The molecule has 8 nitrogen and oxygen atoms in total. The third-order valence-electron chi connectivity index (χ3n) is 3.34. The van der Waals surface area contributed by atoms with Gasteiger partial charge in [-0.05, 0) is 33.3 Å². The fourth-order valence-electron chi connectivity index (χ4n) is 2.23. The fraction of sp³-hybridized carbons (Fsp3) is 0.526. The monoisotopic (exact) mass is 380 g/mol. The molecule has 27 heavy (non-hydrogen) atoms. The maximum absolute atomic E-state index is 11.9. The van der Waals surface area contributed by atoms with Crippen LogP contribution in [0.15, 0.2) is 30.3 Å². The number of carboxylic acid groups (broad SMARTS) is 1. The van der Waals surface area contributed by atoms with Crippen molar-refractivity contribution in [3.8, 4) is 0 Å². The molecule has 1 aromatic carbocycles. The molecule has 0 radical (unpaired) electrons. The Morgan fingerprint density at radius 1 is 1.19 bits per heavy atom.